The van der Waals surface area contributed by atoms with Gasteiger partial charge in [-0.2, -0.15) is 0 Å². The first kappa shape index (κ1) is 19.5. The molecule has 1 heterocycles. The Bertz CT molecular complexity index is 258. The van der Waals surface area contributed by atoms with Crippen LogP contribution in [0.5, 0.6) is 0 Å². The SMILES string of the molecule is O=CCOCCOCCOCCOCCN1CCC(O)CC1. The summed E-state index contributed by atoms with van der Waals surface area (Å²) in [5.41, 5.74) is 0. The van der Waals surface area contributed by atoms with Crippen molar-refractivity contribution in [3.05, 3.63) is 0 Å². The van der Waals surface area contributed by atoms with E-state index in [0.29, 0.717) is 46.2 Å². The first-order chi connectivity index (χ1) is 10.8. The molecule has 7 nitrogen and oxygen atoms in total. The van der Waals surface area contributed by atoms with Gasteiger partial charge in [0.05, 0.1) is 52.4 Å². The highest BCUT2D eigenvalue weighted by Crippen LogP contribution is 2.08. The summed E-state index contributed by atoms with van der Waals surface area (Å²) in [5, 5.41) is 9.41. The van der Waals surface area contributed by atoms with Crippen LogP contribution in [0.2, 0.25) is 0 Å². The Kier molecular flexibility index (Phi) is 12.4. The van der Waals surface area contributed by atoms with Crippen molar-refractivity contribution in [2.24, 2.45) is 0 Å². The standard InChI is InChI=1S/C15H29NO6/c17-6-8-20-10-12-22-14-13-21-11-9-19-7-5-16-3-1-15(18)2-4-16/h6,15,18H,1-5,7-14H2. The lowest BCUT2D eigenvalue weighted by Gasteiger charge is -2.29. The van der Waals surface area contributed by atoms with Crippen molar-refractivity contribution in [3.63, 3.8) is 0 Å². The summed E-state index contributed by atoms with van der Waals surface area (Å²) in [5.74, 6) is 0. The smallest absolute Gasteiger partial charge is 0.145 e. The van der Waals surface area contributed by atoms with Gasteiger partial charge in [0.15, 0.2) is 0 Å². The molecule has 0 aromatic rings. The number of likely N-dealkylation sites (tertiary alicyclic amines) is 1. The first-order valence-electron chi connectivity index (χ1n) is 7.98. The second-order valence-corrected chi connectivity index (χ2v) is 5.15. The molecule has 1 aliphatic heterocycles. The van der Waals surface area contributed by atoms with E-state index in [0.717, 1.165) is 38.8 Å². The fourth-order valence-electron chi connectivity index (χ4n) is 2.13. The molecular formula is C15H29NO6. The molecular weight excluding hydrogens is 290 g/mol. The predicted octanol–water partition coefficient (Wildman–Crippen LogP) is -0.292. The summed E-state index contributed by atoms with van der Waals surface area (Å²) in [6.07, 6.45) is 2.33. The zero-order valence-electron chi connectivity index (χ0n) is 13.3. The third kappa shape index (κ3) is 11.1. The highest BCUT2D eigenvalue weighted by atomic mass is 16.6. The lowest BCUT2D eigenvalue weighted by Crippen LogP contribution is -2.37. The Morgan fingerprint density at radius 3 is 1.91 bits per heavy atom. The van der Waals surface area contributed by atoms with E-state index < -0.39 is 0 Å². The lowest BCUT2D eigenvalue weighted by molar-refractivity contribution is -0.112. The van der Waals surface area contributed by atoms with Gasteiger partial charge in [0.25, 0.3) is 0 Å². The minimum absolute atomic E-state index is 0.120. The number of carbonyl (C=O) groups excluding carboxylic acids is 1. The van der Waals surface area contributed by atoms with Gasteiger partial charge in [-0.15, -0.1) is 0 Å². The summed E-state index contributed by atoms with van der Waals surface area (Å²) in [6.45, 7) is 6.72. The maximum atomic E-state index is 9.98. The van der Waals surface area contributed by atoms with Crippen molar-refractivity contribution in [2.75, 3.05) is 72.5 Å². The molecule has 0 radical (unpaired) electrons. The Balaban J connectivity index is 1.72. The number of hydrogen-bond acceptors (Lipinski definition) is 7. The van der Waals surface area contributed by atoms with E-state index in [2.05, 4.69) is 4.90 Å². The van der Waals surface area contributed by atoms with Crippen LogP contribution in [-0.4, -0.2) is 94.9 Å². The molecule has 1 fully saturated rings. The molecule has 0 aromatic heterocycles. The zero-order chi connectivity index (χ0) is 15.9. The molecule has 1 saturated heterocycles. The molecule has 0 saturated carbocycles. The van der Waals surface area contributed by atoms with E-state index in [4.69, 9.17) is 18.9 Å². The third-order valence-corrected chi connectivity index (χ3v) is 3.41. The number of aliphatic hydroxyl groups is 1. The molecule has 1 N–H and O–H groups in total. The van der Waals surface area contributed by atoms with Gasteiger partial charge in [-0.25, -0.2) is 0 Å². The zero-order valence-corrected chi connectivity index (χ0v) is 13.3. The molecule has 0 atom stereocenters. The van der Waals surface area contributed by atoms with Crippen molar-refractivity contribution in [3.8, 4) is 0 Å². The maximum Gasteiger partial charge on any atom is 0.145 e. The molecule has 1 rings (SSSR count). The molecule has 0 amide bonds. The Morgan fingerprint density at radius 2 is 1.36 bits per heavy atom. The summed E-state index contributed by atoms with van der Waals surface area (Å²) in [6, 6.07) is 0. The highest BCUT2D eigenvalue weighted by molar-refractivity contribution is 5.50. The Morgan fingerprint density at radius 1 is 0.864 bits per heavy atom. The molecule has 130 valence electrons. The third-order valence-electron chi connectivity index (χ3n) is 3.41. The van der Waals surface area contributed by atoms with Crippen LogP contribution in [0.1, 0.15) is 12.8 Å². The molecule has 7 heteroatoms. The van der Waals surface area contributed by atoms with Gasteiger partial charge < -0.3 is 33.7 Å². The van der Waals surface area contributed by atoms with Crippen molar-refractivity contribution in [2.45, 2.75) is 18.9 Å². The summed E-state index contributed by atoms with van der Waals surface area (Å²) in [4.78, 5) is 12.3. The minimum atomic E-state index is -0.121. The quantitative estimate of drug-likeness (QED) is 0.348. The van der Waals surface area contributed by atoms with E-state index >= 15 is 0 Å². The molecule has 0 aromatic carbocycles. The van der Waals surface area contributed by atoms with E-state index in [1.54, 1.807) is 0 Å². The Hall–Kier alpha value is -0.570. The van der Waals surface area contributed by atoms with Crippen LogP contribution < -0.4 is 0 Å². The largest absolute Gasteiger partial charge is 0.393 e. The van der Waals surface area contributed by atoms with Crippen LogP contribution >= 0.6 is 0 Å². The number of nitrogens with zero attached hydrogens (tertiary/aromatic N) is 1. The van der Waals surface area contributed by atoms with Crippen LogP contribution in [0, 0.1) is 0 Å². The van der Waals surface area contributed by atoms with Crippen LogP contribution in [0.4, 0.5) is 0 Å². The number of rotatable bonds is 14. The van der Waals surface area contributed by atoms with E-state index in [9.17, 15) is 9.90 Å². The minimum Gasteiger partial charge on any atom is -0.393 e. The van der Waals surface area contributed by atoms with Crippen molar-refractivity contribution >= 4 is 6.29 Å². The summed E-state index contributed by atoms with van der Waals surface area (Å²) < 4.78 is 21.1. The first-order valence-corrected chi connectivity index (χ1v) is 7.98. The average Bonchev–Trinajstić information content (AvgIpc) is 2.53. The highest BCUT2D eigenvalue weighted by Gasteiger charge is 2.15. The van der Waals surface area contributed by atoms with Gasteiger partial charge in [0.2, 0.25) is 0 Å². The second-order valence-electron chi connectivity index (χ2n) is 5.15. The second kappa shape index (κ2) is 14.0. The lowest BCUT2D eigenvalue weighted by atomic mass is 10.1. The van der Waals surface area contributed by atoms with E-state index in [1.165, 1.54) is 0 Å². The molecule has 0 spiro atoms. The van der Waals surface area contributed by atoms with Gasteiger partial charge in [0.1, 0.15) is 12.9 Å². The molecule has 0 aliphatic carbocycles. The number of aldehydes is 1. The Labute approximate surface area is 132 Å². The normalized spacial score (nSPS) is 17.0. The summed E-state index contributed by atoms with van der Waals surface area (Å²) >= 11 is 0. The van der Waals surface area contributed by atoms with Crippen LogP contribution in [0.3, 0.4) is 0 Å². The van der Waals surface area contributed by atoms with Gasteiger partial charge in [-0.05, 0) is 12.8 Å². The van der Waals surface area contributed by atoms with Crippen LogP contribution in [-0.2, 0) is 23.7 Å². The average molecular weight is 319 g/mol. The van der Waals surface area contributed by atoms with Crippen molar-refractivity contribution in [1.29, 1.82) is 0 Å². The maximum absolute atomic E-state index is 9.98. The topological polar surface area (TPSA) is 77.5 Å². The monoisotopic (exact) mass is 319 g/mol. The van der Waals surface area contributed by atoms with Gasteiger partial charge in [-0.3, -0.25) is 0 Å². The fourth-order valence-corrected chi connectivity index (χ4v) is 2.13. The number of ether oxygens (including phenoxy) is 4. The molecule has 22 heavy (non-hydrogen) atoms. The van der Waals surface area contributed by atoms with Gasteiger partial charge >= 0.3 is 0 Å². The fraction of sp³-hybridized carbons (Fsp3) is 0.933. The number of aliphatic hydroxyl groups excluding tert-OH is 1. The van der Waals surface area contributed by atoms with Crippen LogP contribution in [0.25, 0.3) is 0 Å². The molecule has 0 unspecified atom stereocenters. The van der Waals surface area contributed by atoms with Gasteiger partial charge in [-0.1, -0.05) is 0 Å². The van der Waals surface area contributed by atoms with Crippen molar-refractivity contribution in [1.82, 2.24) is 4.90 Å². The number of hydrogen-bond donors (Lipinski definition) is 1. The number of piperidine rings is 1. The van der Waals surface area contributed by atoms with E-state index in [-0.39, 0.29) is 12.7 Å². The van der Waals surface area contributed by atoms with E-state index in [1.807, 2.05) is 0 Å². The molecule has 1 aliphatic rings. The van der Waals surface area contributed by atoms with Crippen LogP contribution in [0.15, 0.2) is 0 Å². The molecule has 0 bridgehead atoms. The van der Waals surface area contributed by atoms with Gasteiger partial charge in [0, 0.05) is 19.6 Å². The van der Waals surface area contributed by atoms with Crippen molar-refractivity contribution < 1.29 is 28.8 Å². The predicted molar refractivity (Wildman–Crippen MR) is 81.0 cm³/mol. The number of carbonyl (C=O) groups is 1. The summed E-state index contributed by atoms with van der Waals surface area (Å²) in [7, 11) is 0.